The van der Waals surface area contributed by atoms with Gasteiger partial charge in [0.1, 0.15) is 28.5 Å². The van der Waals surface area contributed by atoms with Crippen LogP contribution in [-0.4, -0.2) is 54.2 Å². The Morgan fingerprint density at radius 2 is 1.93 bits per heavy atom. The molecule has 1 aliphatic rings. The monoisotopic (exact) mass is 408 g/mol. The quantitative estimate of drug-likeness (QED) is 0.697. The molecule has 1 saturated heterocycles. The molecule has 0 spiro atoms. The molecule has 3 aromatic rings. The first-order valence-electron chi connectivity index (χ1n) is 9.88. The molecule has 1 fully saturated rings. The van der Waals surface area contributed by atoms with Gasteiger partial charge in [-0.25, -0.2) is 9.31 Å². The first-order valence-corrected chi connectivity index (χ1v) is 9.88. The highest BCUT2D eigenvalue weighted by Gasteiger charge is 2.28. The third kappa shape index (κ3) is 3.81. The number of carbonyl (C=O) groups excluding carboxylic acids is 1. The van der Waals surface area contributed by atoms with Crippen LogP contribution in [-0.2, 0) is 4.74 Å². The van der Waals surface area contributed by atoms with E-state index in [2.05, 4.69) is 10.2 Å². The van der Waals surface area contributed by atoms with Gasteiger partial charge in [0.15, 0.2) is 0 Å². The summed E-state index contributed by atoms with van der Waals surface area (Å²) in [5, 5.41) is 28.1. The van der Waals surface area contributed by atoms with Crippen molar-refractivity contribution in [3.63, 3.8) is 0 Å². The van der Waals surface area contributed by atoms with Crippen molar-refractivity contribution >= 4 is 11.6 Å². The summed E-state index contributed by atoms with van der Waals surface area (Å²) < 4.78 is 8.86. The number of carbonyl (C=O) groups is 1. The van der Waals surface area contributed by atoms with Crippen LogP contribution >= 0.6 is 0 Å². The minimum absolute atomic E-state index is 0.0000288. The number of nitriles is 1. The number of aromatic hydroxyl groups is 1. The molecule has 9 heteroatoms. The van der Waals surface area contributed by atoms with Crippen LogP contribution in [0.2, 0.25) is 0 Å². The second-order valence-electron chi connectivity index (χ2n) is 8.48. The van der Waals surface area contributed by atoms with Gasteiger partial charge < -0.3 is 14.7 Å². The number of nitrogens with zero attached hydrogens (tertiary/aromatic N) is 6. The number of pyridine rings is 1. The second kappa shape index (κ2) is 7.37. The minimum atomic E-state index is -0.500. The number of piperidine rings is 1. The Morgan fingerprint density at radius 1 is 1.20 bits per heavy atom. The van der Waals surface area contributed by atoms with Crippen LogP contribution in [0, 0.1) is 11.3 Å². The summed E-state index contributed by atoms with van der Waals surface area (Å²) in [6, 6.07) is 3.82. The van der Waals surface area contributed by atoms with Crippen molar-refractivity contribution in [3.8, 4) is 22.9 Å². The van der Waals surface area contributed by atoms with Gasteiger partial charge in [-0.2, -0.15) is 15.5 Å². The average Bonchev–Trinajstić information content (AvgIpc) is 3.34. The summed E-state index contributed by atoms with van der Waals surface area (Å²) in [5.74, 6) is -0.0000288. The number of amides is 1. The van der Waals surface area contributed by atoms with E-state index in [1.54, 1.807) is 23.4 Å². The molecule has 0 bridgehead atoms. The van der Waals surface area contributed by atoms with Gasteiger partial charge in [0.2, 0.25) is 0 Å². The highest BCUT2D eigenvalue weighted by Crippen LogP contribution is 2.30. The molecule has 1 N–H and O–H groups in total. The number of rotatable bonds is 2. The van der Waals surface area contributed by atoms with Gasteiger partial charge >= 0.3 is 6.09 Å². The maximum Gasteiger partial charge on any atom is 0.410 e. The molecule has 0 radical (unpaired) electrons. The van der Waals surface area contributed by atoms with Crippen molar-refractivity contribution in [2.75, 3.05) is 13.1 Å². The molecule has 3 aromatic heterocycles. The fourth-order valence-electron chi connectivity index (χ4n) is 3.67. The standard InChI is InChI=1S/C21H24N6O3/c1-21(2,3)30-20(29)25-6-4-17(5-7-25)26-13-16(11-23-26)14-8-18(28)19-15(9-22)10-24-27(19)12-14/h8,10-13,17,28H,4-7H2,1-3H3. The zero-order valence-electron chi connectivity index (χ0n) is 17.2. The van der Waals surface area contributed by atoms with E-state index >= 15 is 0 Å². The lowest BCUT2D eigenvalue weighted by Gasteiger charge is -2.33. The lowest BCUT2D eigenvalue weighted by atomic mass is 10.1. The molecule has 156 valence electrons. The summed E-state index contributed by atoms with van der Waals surface area (Å²) in [4.78, 5) is 14.0. The van der Waals surface area contributed by atoms with Gasteiger partial charge in [0.25, 0.3) is 0 Å². The first-order chi connectivity index (χ1) is 14.2. The van der Waals surface area contributed by atoms with Crippen LogP contribution in [0.25, 0.3) is 16.6 Å². The average molecular weight is 408 g/mol. The molecule has 0 saturated carbocycles. The van der Waals surface area contributed by atoms with Crippen LogP contribution < -0.4 is 0 Å². The Kier molecular flexibility index (Phi) is 4.86. The fraction of sp³-hybridized carbons (Fsp3) is 0.429. The number of likely N-dealkylation sites (tertiary alicyclic amines) is 1. The third-order valence-electron chi connectivity index (χ3n) is 5.14. The molecule has 0 atom stereocenters. The van der Waals surface area contributed by atoms with E-state index in [1.807, 2.05) is 37.7 Å². The lowest BCUT2D eigenvalue weighted by molar-refractivity contribution is 0.0185. The molecule has 1 aliphatic heterocycles. The fourth-order valence-corrected chi connectivity index (χ4v) is 3.67. The molecule has 1 amide bonds. The summed E-state index contributed by atoms with van der Waals surface area (Å²) in [5.41, 5.74) is 1.82. The Labute approximate surface area is 174 Å². The predicted octanol–water partition coefficient (Wildman–Crippen LogP) is 3.35. The van der Waals surface area contributed by atoms with Crippen molar-refractivity contribution in [2.24, 2.45) is 0 Å². The summed E-state index contributed by atoms with van der Waals surface area (Å²) in [6.45, 7) is 6.82. The normalized spacial score (nSPS) is 15.3. The molecule has 0 aromatic carbocycles. The Morgan fingerprint density at radius 3 is 2.60 bits per heavy atom. The zero-order chi connectivity index (χ0) is 21.5. The van der Waals surface area contributed by atoms with E-state index in [-0.39, 0.29) is 17.9 Å². The molecule has 0 aliphatic carbocycles. The van der Waals surface area contributed by atoms with E-state index < -0.39 is 5.60 Å². The van der Waals surface area contributed by atoms with E-state index in [1.165, 1.54) is 10.7 Å². The topological polar surface area (TPSA) is 109 Å². The van der Waals surface area contributed by atoms with Crippen LogP contribution in [0.1, 0.15) is 45.2 Å². The van der Waals surface area contributed by atoms with Crippen LogP contribution in [0.15, 0.2) is 30.9 Å². The zero-order valence-corrected chi connectivity index (χ0v) is 17.2. The highest BCUT2D eigenvalue weighted by molar-refractivity contribution is 5.74. The first kappa shape index (κ1) is 19.8. The van der Waals surface area contributed by atoms with Gasteiger partial charge in [-0.05, 0) is 39.7 Å². The lowest BCUT2D eigenvalue weighted by Crippen LogP contribution is -2.42. The van der Waals surface area contributed by atoms with Crippen molar-refractivity contribution < 1.29 is 14.6 Å². The van der Waals surface area contributed by atoms with Crippen LogP contribution in [0.5, 0.6) is 5.75 Å². The van der Waals surface area contributed by atoms with E-state index in [0.717, 1.165) is 24.0 Å². The minimum Gasteiger partial charge on any atom is -0.506 e. The van der Waals surface area contributed by atoms with E-state index in [0.29, 0.717) is 24.2 Å². The maximum absolute atomic E-state index is 12.2. The number of ether oxygens (including phenoxy) is 1. The van der Waals surface area contributed by atoms with Gasteiger partial charge in [-0.1, -0.05) is 0 Å². The van der Waals surface area contributed by atoms with Gasteiger partial charge in [0, 0.05) is 36.6 Å². The van der Waals surface area contributed by atoms with Crippen LogP contribution in [0.3, 0.4) is 0 Å². The maximum atomic E-state index is 12.2. The third-order valence-corrected chi connectivity index (χ3v) is 5.14. The Balaban J connectivity index is 1.47. The molecule has 4 heterocycles. The van der Waals surface area contributed by atoms with Gasteiger partial charge in [-0.15, -0.1) is 0 Å². The molecule has 30 heavy (non-hydrogen) atoms. The molecule has 0 unspecified atom stereocenters. The van der Waals surface area contributed by atoms with Crippen LogP contribution in [0.4, 0.5) is 4.79 Å². The van der Waals surface area contributed by atoms with Crippen molar-refractivity contribution in [1.82, 2.24) is 24.3 Å². The highest BCUT2D eigenvalue weighted by atomic mass is 16.6. The summed E-state index contributed by atoms with van der Waals surface area (Å²) >= 11 is 0. The largest absolute Gasteiger partial charge is 0.506 e. The smallest absolute Gasteiger partial charge is 0.410 e. The number of hydrogen-bond acceptors (Lipinski definition) is 6. The number of aromatic nitrogens is 4. The Bertz CT molecular complexity index is 1130. The molecule has 9 nitrogen and oxygen atoms in total. The SMILES string of the molecule is CC(C)(C)OC(=O)N1CCC(n2cc(-c3cc(O)c4c(C#N)cnn4c3)cn2)CC1. The predicted molar refractivity (Wildman–Crippen MR) is 109 cm³/mol. The van der Waals surface area contributed by atoms with Gasteiger partial charge in [0.05, 0.1) is 18.4 Å². The van der Waals surface area contributed by atoms with Crippen molar-refractivity contribution in [2.45, 2.75) is 45.3 Å². The van der Waals surface area contributed by atoms with E-state index in [9.17, 15) is 9.90 Å². The van der Waals surface area contributed by atoms with Gasteiger partial charge in [-0.3, -0.25) is 4.68 Å². The molecular formula is C21H24N6O3. The molecule has 4 rings (SSSR count). The Hall–Kier alpha value is -3.54. The van der Waals surface area contributed by atoms with E-state index in [4.69, 9.17) is 10.00 Å². The molecular weight excluding hydrogens is 384 g/mol. The number of fused-ring (bicyclic) bond motifs is 1. The summed E-state index contributed by atoms with van der Waals surface area (Å²) in [6.07, 6.45) is 8.17. The second-order valence-corrected chi connectivity index (χ2v) is 8.48. The van der Waals surface area contributed by atoms with Crippen molar-refractivity contribution in [1.29, 1.82) is 5.26 Å². The number of hydrogen-bond donors (Lipinski definition) is 1. The van der Waals surface area contributed by atoms with Crippen molar-refractivity contribution in [3.05, 3.63) is 36.4 Å². The summed E-state index contributed by atoms with van der Waals surface area (Å²) in [7, 11) is 0.